The Hall–Kier alpha value is -3.74. The summed E-state index contributed by atoms with van der Waals surface area (Å²) in [4.78, 5) is 31.1. The zero-order valence-electron chi connectivity index (χ0n) is 16.1. The topological polar surface area (TPSA) is 75.4 Å². The smallest absolute Gasteiger partial charge is 0.295 e. The van der Waals surface area contributed by atoms with E-state index in [0.29, 0.717) is 24.1 Å². The monoisotopic (exact) mass is 405 g/mol. The molecule has 2 heterocycles. The standard InChI is InChI=1S/C23H20FN3O3/c24-18-9-4-8-17(14-18)20-19(21(28)16-6-2-1-3-7-16)22(29)23(30)27(20)12-5-11-26-13-10-25-15-26/h1-4,6-10,13-15,20,28H,5,11-12H2/b21-19-. The number of amides is 1. The predicted octanol–water partition coefficient (Wildman–Crippen LogP) is 3.53. The highest BCUT2D eigenvalue weighted by Crippen LogP contribution is 2.39. The second kappa shape index (κ2) is 8.32. The summed E-state index contributed by atoms with van der Waals surface area (Å²) >= 11 is 0. The lowest BCUT2D eigenvalue weighted by Gasteiger charge is -2.25. The van der Waals surface area contributed by atoms with Gasteiger partial charge in [0, 0.05) is 31.0 Å². The largest absolute Gasteiger partial charge is 0.507 e. The third-order valence-electron chi connectivity index (χ3n) is 5.13. The Labute approximate surface area is 172 Å². The van der Waals surface area contributed by atoms with Gasteiger partial charge < -0.3 is 14.6 Å². The van der Waals surface area contributed by atoms with Crippen molar-refractivity contribution in [3.8, 4) is 0 Å². The van der Waals surface area contributed by atoms with Gasteiger partial charge in [0.05, 0.1) is 17.9 Å². The minimum atomic E-state index is -0.858. The molecule has 7 heteroatoms. The minimum absolute atomic E-state index is 0.0283. The van der Waals surface area contributed by atoms with E-state index in [-0.39, 0.29) is 17.9 Å². The van der Waals surface area contributed by atoms with Gasteiger partial charge in [-0.2, -0.15) is 0 Å². The first-order chi connectivity index (χ1) is 14.6. The molecule has 3 aromatic rings. The summed E-state index contributed by atoms with van der Waals surface area (Å²) in [5, 5.41) is 10.9. The van der Waals surface area contributed by atoms with Gasteiger partial charge in [0.25, 0.3) is 11.7 Å². The Morgan fingerprint density at radius 3 is 2.57 bits per heavy atom. The van der Waals surface area contributed by atoms with Crippen LogP contribution in [0, 0.1) is 5.82 Å². The van der Waals surface area contributed by atoms with Crippen LogP contribution in [-0.2, 0) is 16.1 Å². The number of ketones is 1. The molecule has 30 heavy (non-hydrogen) atoms. The second-order valence-electron chi connectivity index (χ2n) is 7.07. The van der Waals surface area contributed by atoms with E-state index in [4.69, 9.17) is 0 Å². The summed E-state index contributed by atoms with van der Waals surface area (Å²) in [5.74, 6) is -2.21. The first-order valence-corrected chi connectivity index (χ1v) is 9.61. The van der Waals surface area contributed by atoms with Crippen LogP contribution >= 0.6 is 0 Å². The first-order valence-electron chi connectivity index (χ1n) is 9.61. The Morgan fingerprint density at radius 2 is 1.87 bits per heavy atom. The van der Waals surface area contributed by atoms with Crippen molar-refractivity contribution in [3.05, 3.63) is 95.8 Å². The molecule has 0 aliphatic carbocycles. The van der Waals surface area contributed by atoms with E-state index in [1.807, 2.05) is 10.8 Å². The Balaban J connectivity index is 1.73. The van der Waals surface area contributed by atoms with Crippen molar-refractivity contribution in [2.75, 3.05) is 6.54 Å². The van der Waals surface area contributed by atoms with Gasteiger partial charge in [0.15, 0.2) is 0 Å². The molecule has 1 saturated heterocycles. The number of carbonyl (C=O) groups is 2. The van der Waals surface area contributed by atoms with Crippen molar-refractivity contribution >= 4 is 17.4 Å². The molecule has 0 spiro atoms. The highest BCUT2D eigenvalue weighted by molar-refractivity contribution is 6.46. The van der Waals surface area contributed by atoms with Crippen molar-refractivity contribution in [1.29, 1.82) is 0 Å². The van der Waals surface area contributed by atoms with Gasteiger partial charge in [0.2, 0.25) is 0 Å². The molecule has 1 aliphatic rings. The summed E-state index contributed by atoms with van der Waals surface area (Å²) in [6.45, 7) is 0.882. The molecule has 1 unspecified atom stereocenters. The van der Waals surface area contributed by atoms with Gasteiger partial charge in [-0.1, -0.05) is 42.5 Å². The molecule has 1 fully saturated rings. The second-order valence-corrected chi connectivity index (χ2v) is 7.07. The number of carbonyl (C=O) groups excluding carboxylic acids is 2. The lowest BCUT2D eigenvalue weighted by atomic mass is 9.95. The van der Waals surface area contributed by atoms with Crippen LogP contribution in [0.2, 0.25) is 0 Å². The molecule has 0 radical (unpaired) electrons. The average molecular weight is 405 g/mol. The number of aryl methyl sites for hydroxylation is 1. The molecule has 152 valence electrons. The predicted molar refractivity (Wildman–Crippen MR) is 109 cm³/mol. The number of rotatable bonds is 6. The number of halogens is 1. The minimum Gasteiger partial charge on any atom is -0.507 e. The number of benzene rings is 2. The van der Waals surface area contributed by atoms with E-state index < -0.39 is 23.5 Å². The summed E-state index contributed by atoms with van der Waals surface area (Å²) in [6, 6.07) is 13.5. The fraction of sp³-hybridized carbons (Fsp3) is 0.174. The molecule has 1 aromatic heterocycles. The highest BCUT2D eigenvalue weighted by Gasteiger charge is 2.45. The van der Waals surface area contributed by atoms with E-state index in [2.05, 4.69) is 4.98 Å². The summed E-state index contributed by atoms with van der Waals surface area (Å²) in [6.07, 6.45) is 5.72. The number of nitrogens with zero attached hydrogens (tertiary/aromatic N) is 3. The van der Waals surface area contributed by atoms with E-state index >= 15 is 0 Å². The molecule has 0 saturated carbocycles. The van der Waals surface area contributed by atoms with E-state index in [1.165, 1.54) is 23.1 Å². The van der Waals surface area contributed by atoms with E-state index in [0.717, 1.165) is 0 Å². The van der Waals surface area contributed by atoms with Crippen LogP contribution in [0.1, 0.15) is 23.6 Å². The lowest BCUT2D eigenvalue weighted by molar-refractivity contribution is -0.139. The van der Waals surface area contributed by atoms with Crippen LogP contribution in [0.15, 0.2) is 78.9 Å². The number of aliphatic hydroxyl groups excluding tert-OH is 1. The molecule has 2 aromatic carbocycles. The first kappa shape index (κ1) is 19.6. The molecular weight excluding hydrogens is 385 g/mol. The van der Waals surface area contributed by atoms with Gasteiger partial charge in [-0.15, -0.1) is 0 Å². The third kappa shape index (κ3) is 3.74. The van der Waals surface area contributed by atoms with Crippen molar-refractivity contribution in [3.63, 3.8) is 0 Å². The SMILES string of the molecule is O=C1C(=O)N(CCCn2ccnc2)C(c2cccc(F)c2)/C1=C(/O)c1ccccc1. The van der Waals surface area contributed by atoms with Crippen LogP contribution in [0.3, 0.4) is 0 Å². The van der Waals surface area contributed by atoms with Crippen LogP contribution in [0.5, 0.6) is 0 Å². The quantitative estimate of drug-likeness (QED) is 0.387. The van der Waals surface area contributed by atoms with Gasteiger partial charge in [-0.3, -0.25) is 9.59 Å². The zero-order chi connectivity index (χ0) is 21.1. The van der Waals surface area contributed by atoms with Gasteiger partial charge in [0.1, 0.15) is 11.6 Å². The molecule has 0 bridgehead atoms. The van der Waals surface area contributed by atoms with Gasteiger partial charge >= 0.3 is 0 Å². The lowest BCUT2D eigenvalue weighted by Crippen LogP contribution is -2.31. The normalized spacial score (nSPS) is 18.2. The maximum absolute atomic E-state index is 14.0. The van der Waals surface area contributed by atoms with Crippen molar-refractivity contribution < 1.29 is 19.1 Å². The zero-order valence-corrected chi connectivity index (χ0v) is 16.1. The maximum atomic E-state index is 14.0. The molecule has 6 nitrogen and oxygen atoms in total. The fourth-order valence-electron chi connectivity index (χ4n) is 3.73. The number of likely N-dealkylation sites (tertiary alicyclic amines) is 1. The van der Waals surface area contributed by atoms with Crippen molar-refractivity contribution in [2.45, 2.75) is 19.0 Å². The number of aromatic nitrogens is 2. The highest BCUT2D eigenvalue weighted by atomic mass is 19.1. The van der Waals surface area contributed by atoms with Gasteiger partial charge in [-0.05, 0) is 24.1 Å². The van der Waals surface area contributed by atoms with Crippen LogP contribution < -0.4 is 0 Å². The molecular formula is C23H20FN3O3. The Morgan fingerprint density at radius 1 is 1.07 bits per heavy atom. The molecule has 1 aliphatic heterocycles. The number of Topliss-reactive ketones (excluding diaryl/α,β-unsaturated/α-hetero) is 1. The summed E-state index contributed by atoms with van der Waals surface area (Å²) in [5.41, 5.74) is 0.837. The molecule has 1 N–H and O–H groups in total. The van der Waals surface area contributed by atoms with E-state index in [9.17, 15) is 19.1 Å². The van der Waals surface area contributed by atoms with Crippen molar-refractivity contribution in [2.24, 2.45) is 0 Å². The Bertz CT molecular complexity index is 1090. The number of hydrogen-bond donors (Lipinski definition) is 1. The molecule has 1 amide bonds. The van der Waals surface area contributed by atoms with Crippen LogP contribution in [0.25, 0.3) is 5.76 Å². The molecule has 4 rings (SSSR count). The van der Waals surface area contributed by atoms with Crippen molar-refractivity contribution in [1.82, 2.24) is 14.5 Å². The Kier molecular flexibility index (Phi) is 5.43. The summed E-state index contributed by atoms with van der Waals surface area (Å²) in [7, 11) is 0. The maximum Gasteiger partial charge on any atom is 0.295 e. The number of imidazole rings is 1. The summed E-state index contributed by atoms with van der Waals surface area (Å²) < 4.78 is 15.8. The van der Waals surface area contributed by atoms with Crippen LogP contribution in [0.4, 0.5) is 4.39 Å². The average Bonchev–Trinajstić information content (AvgIpc) is 3.36. The van der Waals surface area contributed by atoms with Crippen LogP contribution in [-0.4, -0.2) is 37.8 Å². The fourth-order valence-corrected chi connectivity index (χ4v) is 3.73. The van der Waals surface area contributed by atoms with Gasteiger partial charge in [-0.25, -0.2) is 9.37 Å². The van der Waals surface area contributed by atoms with E-state index in [1.54, 1.807) is 48.9 Å². The molecule has 1 atom stereocenters. The number of hydrogen-bond acceptors (Lipinski definition) is 4. The third-order valence-corrected chi connectivity index (χ3v) is 5.13. The number of aliphatic hydroxyl groups is 1.